The summed E-state index contributed by atoms with van der Waals surface area (Å²) in [5.74, 6) is 0. The maximum atomic E-state index is 8.78. The number of rotatable bonds is 1. The van der Waals surface area contributed by atoms with Crippen LogP contribution in [0.1, 0.15) is 5.56 Å². The fourth-order valence-corrected chi connectivity index (χ4v) is 3.09. The SMILES string of the molecule is N#Cc1cc(-c2ccccc2)[se]c1N. The number of hydrogen-bond donors (Lipinski definition) is 1. The van der Waals surface area contributed by atoms with Crippen molar-refractivity contribution in [2.75, 3.05) is 5.73 Å². The summed E-state index contributed by atoms with van der Waals surface area (Å²) in [6.45, 7) is 0. The van der Waals surface area contributed by atoms with Crippen LogP contribution < -0.4 is 5.73 Å². The molecule has 2 rings (SSSR count). The van der Waals surface area contributed by atoms with Gasteiger partial charge >= 0.3 is 88.1 Å². The zero-order valence-electron chi connectivity index (χ0n) is 7.40. The normalized spacial score (nSPS) is 9.64. The van der Waals surface area contributed by atoms with E-state index in [1.54, 1.807) is 0 Å². The monoisotopic (exact) mass is 248 g/mol. The van der Waals surface area contributed by atoms with Gasteiger partial charge in [-0.1, -0.05) is 0 Å². The number of nitriles is 1. The molecule has 0 aliphatic rings. The molecule has 0 atom stereocenters. The Bertz CT molecular complexity index is 480. The summed E-state index contributed by atoms with van der Waals surface area (Å²) in [6, 6.07) is 14.1. The molecular formula is C11H8N2Se. The van der Waals surface area contributed by atoms with Crippen LogP contribution in [0.5, 0.6) is 0 Å². The number of nitrogens with two attached hydrogens (primary N) is 1. The number of anilines is 1. The minimum absolute atomic E-state index is 0.117. The standard InChI is InChI=1S/C11H8N2Se/c12-7-9-6-10(14-11(9)13)8-4-2-1-3-5-8/h1-6H,13H2. The van der Waals surface area contributed by atoms with Gasteiger partial charge in [-0.3, -0.25) is 0 Å². The molecule has 0 bridgehead atoms. The van der Waals surface area contributed by atoms with Gasteiger partial charge in [-0.2, -0.15) is 0 Å². The number of nitrogen functional groups attached to an aromatic ring is 1. The molecule has 0 saturated carbocycles. The molecule has 2 nitrogen and oxygen atoms in total. The Morgan fingerprint density at radius 3 is 2.50 bits per heavy atom. The molecule has 0 aliphatic carbocycles. The van der Waals surface area contributed by atoms with Crippen LogP contribution >= 0.6 is 0 Å². The first-order valence-corrected chi connectivity index (χ1v) is 5.87. The Morgan fingerprint density at radius 1 is 1.21 bits per heavy atom. The van der Waals surface area contributed by atoms with E-state index in [-0.39, 0.29) is 14.5 Å². The van der Waals surface area contributed by atoms with Gasteiger partial charge in [0.25, 0.3) is 0 Å². The van der Waals surface area contributed by atoms with Crippen molar-refractivity contribution >= 4 is 19.1 Å². The van der Waals surface area contributed by atoms with E-state index in [9.17, 15) is 0 Å². The number of nitrogens with zero attached hydrogens (tertiary/aromatic N) is 1. The average molecular weight is 247 g/mol. The van der Waals surface area contributed by atoms with E-state index in [4.69, 9.17) is 11.0 Å². The van der Waals surface area contributed by atoms with Gasteiger partial charge in [-0.25, -0.2) is 0 Å². The Morgan fingerprint density at radius 2 is 1.93 bits per heavy atom. The van der Waals surface area contributed by atoms with Gasteiger partial charge in [0.1, 0.15) is 0 Å². The Hall–Kier alpha value is -1.49. The second-order valence-corrected chi connectivity index (χ2v) is 5.14. The van der Waals surface area contributed by atoms with E-state index in [1.165, 1.54) is 10.0 Å². The van der Waals surface area contributed by atoms with Crippen molar-refractivity contribution in [1.82, 2.24) is 0 Å². The van der Waals surface area contributed by atoms with Gasteiger partial charge in [0, 0.05) is 0 Å². The summed E-state index contributed by atoms with van der Waals surface area (Å²) in [5, 5.41) is 8.78. The molecule has 0 spiro atoms. The van der Waals surface area contributed by atoms with Crippen LogP contribution in [0.15, 0.2) is 36.4 Å². The van der Waals surface area contributed by atoms with Crippen LogP contribution in [-0.2, 0) is 0 Å². The Kier molecular flexibility index (Phi) is 2.41. The van der Waals surface area contributed by atoms with Gasteiger partial charge in [0.15, 0.2) is 0 Å². The molecule has 2 aromatic rings. The van der Waals surface area contributed by atoms with Crippen molar-refractivity contribution in [2.45, 2.75) is 0 Å². The van der Waals surface area contributed by atoms with E-state index < -0.39 is 0 Å². The van der Waals surface area contributed by atoms with Crippen LogP contribution in [0.3, 0.4) is 0 Å². The molecule has 0 unspecified atom stereocenters. The van der Waals surface area contributed by atoms with Crippen molar-refractivity contribution in [3.63, 3.8) is 0 Å². The van der Waals surface area contributed by atoms with Crippen LogP contribution in [0.2, 0.25) is 0 Å². The number of hydrogen-bond acceptors (Lipinski definition) is 2. The van der Waals surface area contributed by atoms with Crippen LogP contribution in [-0.4, -0.2) is 14.5 Å². The summed E-state index contributed by atoms with van der Waals surface area (Å²) in [4.78, 5) is 0. The summed E-state index contributed by atoms with van der Waals surface area (Å²) < 4.78 is 1.92. The fraction of sp³-hybridized carbons (Fsp3) is 0. The predicted octanol–water partition coefficient (Wildman–Crippen LogP) is 1.86. The van der Waals surface area contributed by atoms with Gasteiger partial charge in [0.05, 0.1) is 0 Å². The van der Waals surface area contributed by atoms with Crippen molar-refractivity contribution in [3.05, 3.63) is 42.0 Å². The summed E-state index contributed by atoms with van der Waals surface area (Å²) in [5.41, 5.74) is 7.55. The molecule has 1 aromatic heterocycles. The fourth-order valence-electron chi connectivity index (χ4n) is 1.24. The van der Waals surface area contributed by atoms with Crippen LogP contribution in [0.4, 0.5) is 4.56 Å². The molecule has 0 fully saturated rings. The third-order valence-electron chi connectivity index (χ3n) is 1.94. The molecule has 0 radical (unpaired) electrons. The molecule has 0 aliphatic heterocycles. The third kappa shape index (κ3) is 1.58. The number of benzene rings is 1. The predicted molar refractivity (Wildman–Crippen MR) is 57.9 cm³/mol. The average Bonchev–Trinajstić information content (AvgIpc) is 2.61. The second-order valence-electron chi connectivity index (χ2n) is 2.87. The van der Waals surface area contributed by atoms with Gasteiger partial charge < -0.3 is 0 Å². The van der Waals surface area contributed by atoms with Crippen molar-refractivity contribution < 1.29 is 0 Å². The van der Waals surface area contributed by atoms with Gasteiger partial charge in [0.2, 0.25) is 0 Å². The van der Waals surface area contributed by atoms with E-state index in [1.807, 2.05) is 36.4 Å². The minimum atomic E-state index is 0.117. The molecule has 1 aromatic carbocycles. The van der Waals surface area contributed by atoms with Gasteiger partial charge in [-0.15, -0.1) is 0 Å². The molecule has 0 saturated heterocycles. The first-order valence-electron chi connectivity index (χ1n) is 4.16. The molecule has 0 amide bonds. The summed E-state index contributed by atoms with van der Waals surface area (Å²) in [7, 11) is 0. The van der Waals surface area contributed by atoms with Crippen molar-refractivity contribution in [3.8, 4) is 16.1 Å². The molecule has 68 valence electrons. The quantitative estimate of drug-likeness (QED) is 0.782. The summed E-state index contributed by atoms with van der Waals surface area (Å²) in [6.07, 6.45) is 0. The summed E-state index contributed by atoms with van der Waals surface area (Å²) >= 11 is 0.117. The topological polar surface area (TPSA) is 49.8 Å². The van der Waals surface area contributed by atoms with Crippen LogP contribution in [0.25, 0.3) is 10.0 Å². The second kappa shape index (κ2) is 3.71. The first kappa shape index (κ1) is 9.08. The zero-order chi connectivity index (χ0) is 9.97. The molecular weight excluding hydrogens is 239 g/mol. The van der Waals surface area contributed by atoms with E-state index >= 15 is 0 Å². The van der Waals surface area contributed by atoms with Crippen LogP contribution in [0, 0.1) is 11.3 Å². The van der Waals surface area contributed by atoms with Crippen molar-refractivity contribution in [1.29, 1.82) is 5.26 Å². The first-order chi connectivity index (χ1) is 6.81. The van der Waals surface area contributed by atoms with E-state index in [2.05, 4.69) is 6.07 Å². The van der Waals surface area contributed by atoms with Crippen molar-refractivity contribution in [2.24, 2.45) is 0 Å². The molecule has 3 heteroatoms. The molecule has 2 N–H and O–H groups in total. The van der Waals surface area contributed by atoms with E-state index in [0.717, 1.165) is 4.56 Å². The maximum absolute atomic E-state index is 8.78. The van der Waals surface area contributed by atoms with E-state index in [0.29, 0.717) is 5.56 Å². The third-order valence-corrected chi connectivity index (χ3v) is 4.07. The Labute approximate surface area is 88.3 Å². The van der Waals surface area contributed by atoms with Gasteiger partial charge in [-0.05, 0) is 0 Å². The molecule has 14 heavy (non-hydrogen) atoms. The zero-order valence-corrected chi connectivity index (χ0v) is 9.11. The Balaban J connectivity index is 2.50. The molecule has 1 heterocycles.